The van der Waals surface area contributed by atoms with Crippen molar-refractivity contribution < 1.29 is 14.3 Å². The lowest BCUT2D eigenvalue weighted by molar-refractivity contribution is -0.144. The Morgan fingerprint density at radius 3 is 2.72 bits per heavy atom. The van der Waals surface area contributed by atoms with E-state index in [1.807, 2.05) is 16.8 Å². The van der Waals surface area contributed by atoms with E-state index >= 15 is 0 Å². The SMILES string of the molecule is COC(=O)C(C)n1ccc2c1CC(C)(C)CC2=O. The van der Waals surface area contributed by atoms with Crippen LogP contribution in [0.25, 0.3) is 0 Å². The zero-order valence-corrected chi connectivity index (χ0v) is 11.3. The Bertz CT molecular complexity index is 499. The summed E-state index contributed by atoms with van der Waals surface area (Å²) in [6.07, 6.45) is 3.19. The maximum atomic E-state index is 12.0. The topological polar surface area (TPSA) is 48.3 Å². The molecular weight excluding hydrogens is 230 g/mol. The molecule has 0 radical (unpaired) electrons. The predicted octanol–water partition coefficient (Wildman–Crippen LogP) is 2.38. The van der Waals surface area contributed by atoms with Crippen LogP contribution < -0.4 is 0 Å². The second-order valence-corrected chi connectivity index (χ2v) is 5.72. The van der Waals surface area contributed by atoms with Crippen LogP contribution in [0.3, 0.4) is 0 Å². The normalized spacial score (nSPS) is 19.2. The first-order valence-corrected chi connectivity index (χ1v) is 6.16. The van der Waals surface area contributed by atoms with Gasteiger partial charge in [-0.2, -0.15) is 0 Å². The molecule has 1 aliphatic rings. The molecule has 1 atom stereocenters. The zero-order valence-electron chi connectivity index (χ0n) is 11.3. The Balaban J connectivity index is 2.42. The molecule has 0 spiro atoms. The standard InChI is InChI=1S/C14H19NO3/c1-9(13(17)18-4)15-6-5-10-11(15)7-14(2,3)8-12(10)16/h5-6,9H,7-8H2,1-4H3. The maximum absolute atomic E-state index is 12.0. The molecular formula is C14H19NO3. The quantitative estimate of drug-likeness (QED) is 0.756. The van der Waals surface area contributed by atoms with Gasteiger partial charge in [0, 0.05) is 23.9 Å². The maximum Gasteiger partial charge on any atom is 0.328 e. The lowest BCUT2D eigenvalue weighted by Gasteiger charge is -2.30. The van der Waals surface area contributed by atoms with E-state index in [0.29, 0.717) is 6.42 Å². The van der Waals surface area contributed by atoms with Gasteiger partial charge < -0.3 is 9.30 Å². The first kappa shape index (κ1) is 12.9. The van der Waals surface area contributed by atoms with Crippen molar-refractivity contribution in [1.82, 2.24) is 4.57 Å². The van der Waals surface area contributed by atoms with Crippen LogP contribution in [0.1, 0.15) is 49.3 Å². The first-order valence-electron chi connectivity index (χ1n) is 6.16. The molecule has 98 valence electrons. The fourth-order valence-corrected chi connectivity index (χ4v) is 2.61. The lowest BCUT2D eigenvalue weighted by atomic mass is 9.76. The van der Waals surface area contributed by atoms with Crippen LogP contribution in [-0.2, 0) is 16.0 Å². The number of carbonyl (C=O) groups is 2. The molecule has 1 aliphatic carbocycles. The number of carbonyl (C=O) groups excluding carboxylic acids is 2. The molecule has 0 N–H and O–H groups in total. The highest BCUT2D eigenvalue weighted by Gasteiger charge is 2.34. The Morgan fingerprint density at radius 2 is 2.11 bits per heavy atom. The molecule has 4 nitrogen and oxygen atoms in total. The minimum absolute atomic E-state index is 0.0456. The molecule has 0 amide bonds. The highest BCUT2D eigenvalue weighted by Crippen LogP contribution is 2.36. The Labute approximate surface area is 107 Å². The first-order chi connectivity index (χ1) is 8.35. The summed E-state index contributed by atoms with van der Waals surface area (Å²) >= 11 is 0. The summed E-state index contributed by atoms with van der Waals surface area (Å²) in [6, 6.07) is 1.42. The number of hydrogen-bond donors (Lipinski definition) is 0. The molecule has 1 aromatic rings. The van der Waals surface area contributed by atoms with Crippen molar-refractivity contribution in [3.8, 4) is 0 Å². The summed E-state index contributed by atoms with van der Waals surface area (Å²) in [5.74, 6) is -0.124. The molecule has 0 bridgehead atoms. The van der Waals surface area contributed by atoms with Crippen LogP contribution >= 0.6 is 0 Å². The molecule has 0 fully saturated rings. The molecule has 4 heteroatoms. The molecule has 1 heterocycles. The van der Waals surface area contributed by atoms with Crippen LogP contribution in [0.15, 0.2) is 12.3 Å². The summed E-state index contributed by atoms with van der Waals surface area (Å²) in [7, 11) is 1.38. The van der Waals surface area contributed by atoms with E-state index in [4.69, 9.17) is 4.74 Å². The second-order valence-electron chi connectivity index (χ2n) is 5.72. The second kappa shape index (κ2) is 4.26. The summed E-state index contributed by atoms with van der Waals surface area (Å²) in [5, 5.41) is 0. The summed E-state index contributed by atoms with van der Waals surface area (Å²) < 4.78 is 6.62. The van der Waals surface area contributed by atoms with Crippen molar-refractivity contribution in [1.29, 1.82) is 0 Å². The van der Waals surface area contributed by atoms with Gasteiger partial charge in [0.05, 0.1) is 7.11 Å². The monoisotopic (exact) mass is 249 g/mol. The predicted molar refractivity (Wildman–Crippen MR) is 67.6 cm³/mol. The van der Waals surface area contributed by atoms with E-state index in [0.717, 1.165) is 17.7 Å². The van der Waals surface area contributed by atoms with E-state index in [-0.39, 0.29) is 23.2 Å². The third kappa shape index (κ3) is 2.07. The molecule has 1 unspecified atom stereocenters. The van der Waals surface area contributed by atoms with Crippen molar-refractivity contribution in [2.45, 2.75) is 39.7 Å². The number of methoxy groups -OCH3 is 1. The number of aromatic nitrogens is 1. The van der Waals surface area contributed by atoms with Crippen molar-refractivity contribution in [2.75, 3.05) is 7.11 Å². The van der Waals surface area contributed by atoms with Gasteiger partial charge in [-0.3, -0.25) is 4.79 Å². The van der Waals surface area contributed by atoms with Gasteiger partial charge in [0.15, 0.2) is 5.78 Å². The van der Waals surface area contributed by atoms with E-state index in [2.05, 4.69) is 13.8 Å². The van der Waals surface area contributed by atoms with Crippen molar-refractivity contribution in [3.05, 3.63) is 23.5 Å². The highest BCUT2D eigenvalue weighted by molar-refractivity contribution is 5.99. The van der Waals surface area contributed by atoms with Crippen molar-refractivity contribution in [2.24, 2.45) is 5.41 Å². The lowest BCUT2D eigenvalue weighted by Crippen LogP contribution is -2.29. The average molecular weight is 249 g/mol. The van der Waals surface area contributed by atoms with Crippen LogP contribution in [-0.4, -0.2) is 23.4 Å². The third-order valence-corrected chi connectivity index (χ3v) is 3.57. The molecule has 0 saturated carbocycles. The third-order valence-electron chi connectivity index (χ3n) is 3.57. The summed E-state index contributed by atoms with van der Waals surface area (Å²) in [6.45, 7) is 5.94. The number of nitrogens with zero attached hydrogens (tertiary/aromatic N) is 1. The fraction of sp³-hybridized carbons (Fsp3) is 0.571. The Morgan fingerprint density at radius 1 is 1.44 bits per heavy atom. The van der Waals surface area contributed by atoms with Gasteiger partial charge in [-0.15, -0.1) is 0 Å². The van der Waals surface area contributed by atoms with Crippen molar-refractivity contribution >= 4 is 11.8 Å². The fourth-order valence-electron chi connectivity index (χ4n) is 2.61. The van der Waals surface area contributed by atoms with Crippen LogP contribution in [0.4, 0.5) is 0 Å². The molecule has 2 rings (SSSR count). The van der Waals surface area contributed by atoms with Gasteiger partial charge in [0.1, 0.15) is 6.04 Å². The van der Waals surface area contributed by atoms with Crippen LogP contribution in [0.5, 0.6) is 0 Å². The number of ether oxygens (including phenoxy) is 1. The van der Waals surface area contributed by atoms with Gasteiger partial charge in [0.25, 0.3) is 0 Å². The Kier molecular flexibility index (Phi) is 3.05. The number of fused-ring (bicyclic) bond motifs is 1. The summed E-state index contributed by atoms with van der Waals surface area (Å²) in [5.41, 5.74) is 1.66. The number of Topliss-reactive ketones (excluding diaryl/α,β-unsaturated/α-hetero) is 1. The Hall–Kier alpha value is -1.58. The van der Waals surface area contributed by atoms with Gasteiger partial charge in [-0.05, 0) is 24.8 Å². The largest absolute Gasteiger partial charge is 0.467 e. The minimum Gasteiger partial charge on any atom is -0.467 e. The number of esters is 1. The van der Waals surface area contributed by atoms with E-state index in [1.54, 1.807) is 6.92 Å². The molecule has 0 saturated heterocycles. The van der Waals surface area contributed by atoms with Gasteiger partial charge in [-0.1, -0.05) is 13.8 Å². The van der Waals surface area contributed by atoms with Gasteiger partial charge >= 0.3 is 5.97 Å². The molecule has 0 aromatic carbocycles. The molecule has 1 aromatic heterocycles. The number of ketones is 1. The minimum atomic E-state index is -0.388. The average Bonchev–Trinajstić information content (AvgIpc) is 2.69. The smallest absolute Gasteiger partial charge is 0.328 e. The number of hydrogen-bond acceptors (Lipinski definition) is 3. The molecule has 0 aliphatic heterocycles. The van der Waals surface area contributed by atoms with E-state index in [1.165, 1.54) is 7.11 Å². The van der Waals surface area contributed by atoms with E-state index in [9.17, 15) is 9.59 Å². The van der Waals surface area contributed by atoms with Crippen molar-refractivity contribution in [3.63, 3.8) is 0 Å². The highest BCUT2D eigenvalue weighted by atomic mass is 16.5. The number of rotatable bonds is 2. The van der Waals surface area contributed by atoms with Crippen LogP contribution in [0, 0.1) is 5.41 Å². The molecule has 18 heavy (non-hydrogen) atoms. The summed E-state index contributed by atoms with van der Waals surface area (Å²) in [4.78, 5) is 23.7. The van der Waals surface area contributed by atoms with Gasteiger partial charge in [0.2, 0.25) is 0 Å². The van der Waals surface area contributed by atoms with E-state index < -0.39 is 0 Å². The zero-order chi connectivity index (χ0) is 13.5. The van der Waals surface area contributed by atoms with Gasteiger partial charge in [-0.25, -0.2) is 4.79 Å². The van der Waals surface area contributed by atoms with Crippen LogP contribution in [0.2, 0.25) is 0 Å².